The summed E-state index contributed by atoms with van der Waals surface area (Å²) >= 11 is 0. The minimum atomic E-state index is -0.314. The number of rotatable bonds is 5. The molecule has 0 aromatic heterocycles. The van der Waals surface area contributed by atoms with E-state index in [0.29, 0.717) is 26.1 Å². The molecular formula is C17H22N2O4. The van der Waals surface area contributed by atoms with E-state index in [0.717, 1.165) is 30.7 Å². The van der Waals surface area contributed by atoms with Crippen molar-refractivity contribution in [1.29, 1.82) is 0 Å². The Balaban J connectivity index is 1.61. The molecule has 2 fully saturated rings. The van der Waals surface area contributed by atoms with Gasteiger partial charge >= 0.3 is 6.09 Å². The molecule has 6 heteroatoms. The van der Waals surface area contributed by atoms with Gasteiger partial charge in [-0.3, -0.25) is 4.79 Å². The first kappa shape index (κ1) is 15.6. The van der Waals surface area contributed by atoms with Crippen LogP contribution in [0.2, 0.25) is 0 Å². The van der Waals surface area contributed by atoms with Gasteiger partial charge in [0.2, 0.25) is 5.91 Å². The molecule has 0 saturated carbocycles. The van der Waals surface area contributed by atoms with Crippen molar-refractivity contribution in [3.05, 3.63) is 29.8 Å². The second-order valence-electron chi connectivity index (χ2n) is 5.87. The number of nitrogens with zero attached hydrogens (tertiary/aromatic N) is 2. The summed E-state index contributed by atoms with van der Waals surface area (Å²) in [5, 5.41) is 0. The lowest BCUT2D eigenvalue weighted by molar-refractivity contribution is -0.132. The molecule has 23 heavy (non-hydrogen) atoms. The Bertz CT molecular complexity index is 572. The predicted octanol–water partition coefficient (Wildman–Crippen LogP) is 2.20. The van der Waals surface area contributed by atoms with Crippen molar-refractivity contribution in [1.82, 2.24) is 9.80 Å². The van der Waals surface area contributed by atoms with Crippen molar-refractivity contribution in [2.24, 2.45) is 0 Å². The van der Waals surface area contributed by atoms with Crippen molar-refractivity contribution < 1.29 is 19.1 Å². The Kier molecular flexibility index (Phi) is 4.69. The highest BCUT2D eigenvalue weighted by Crippen LogP contribution is 2.33. The lowest BCUT2D eigenvalue weighted by atomic mass is 10.0. The second kappa shape index (κ2) is 6.89. The molecule has 0 bridgehead atoms. The minimum absolute atomic E-state index is 0.100. The zero-order chi connectivity index (χ0) is 16.2. The number of benzene rings is 1. The highest BCUT2D eigenvalue weighted by atomic mass is 16.6. The minimum Gasteiger partial charge on any atom is -0.497 e. The van der Waals surface area contributed by atoms with Crippen LogP contribution in [0.25, 0.3) is 0 Å². The normalized spacial score (nSPS) is 20.7. The van der Waals surface area contributed by atoms with Gasteiger partial charge in [-0.2, -0.15) is 0 Å². The van der Waals surface area contributed by atoms with Gasteiger partial charge in [0.05, 0.1) is 19.7 Å². The maximum atomic E-state index is 12.5. The highest BCUT2D eigenvalue weighted by Gasteiger charge is 2.31. The van der Waals surface area contributed by atoms with Crippen LogP contribution >= 0.6 is 0 Å². The first-order chi connectivity index (χ1) is 11.2. The molecule has 2 amide bonds. The fourth-order valence-corrected chi connectivity index (χ4v) is 3.24. The first-order valence-corrected chi connectivity index (χ1v) is 8.04. The second-order valence-corrected chi connectivity index (χ2v) is 5.87. The van der Waals surface area contributed by atoms with Crippen LogP contribution in [-0.4, -0.2) is 55.2 Å². The number of ether oxygens (including phenoxy) is 2. The topological polar surface area (TPSA) is 59.1 Å². The van der Waals surface area contributed by atoms with Gasteiger partial charge in [-0.1, -0.05) is 12.1 Å². The van der Waals surface area contributed by atoms with E-state index in [1.807, 2.05) is 29.2 Å². The third-order valence-electron chi connectivity index (χ3n) is 4.51. The zero-order valence-electron chi connectivity index (χ0n) is 13.4. The van der Waals surface area contributed by atoms with Gasteiger partial charge in [-0.25, -0.2) is 4.79 Å². The molecule has 0 spiro atoms. The van der Waals surface area contributed by atoms with Gasteiger partial charge in [0.1, 0.15) is 12.4 Å². The summed E-state index contributed by atoms with van der Waals surface area (Å²) in [6, 6.07) is 8.02. The average molecular weight is 318 g/mol. The van der Waals surface area contributed by atoms with E-state index in [9.17, 15) is 9.59 Å². The van der Waals surface area contributed by atoms with E-state index >= 15 is 0 Å². The van der Waals surface area contributed by atoms with Crippen molar-refractivity contribution in [2.75, 3.05) is 33.4 Å². The molecule has 2 heterocycles. The Labute approximate surface area is 136 Å². The summed E-state index contributed by atoms with van der Waals surface area (Å²) in [7, 11) is 1.64. The Morgan fingerprint density at radius 3 is 2.74 bits per heavy atom. The van der Waals surface area contributed by atoms with Crippen molar-refractivity contribution in [3.8, 4) is 5.75 Å². The zero-order valence-corrected chi connectivity index (χ0v) is 13.4. The molecular weight excluding hydrogens is 296 g/mol. The Morgan fingerprint density at radius 2 is 2.09 bits per heavy atom. The molecule has 6 nitrogen and oxygen atoms in total. The van der Waals surface area contributed by atoms with E-state index in [2.05, 4.69) is 0 Å². The van der Waals surface area contributed by atoms with Crippen molar-refractivity contribution in [2.45, 2.75) is 25.3 Å². The van der Waals surface area contributed by atoms with Gasteiger partial charge in [-0.15, -0.1) is 0 Å². The lowest BCUT2D eigenvalue weighted by Gasteiger charge is -2.26. The number of hydrogen-bond donors (Lipinski definition) is 0. The van der Waals surface area contributed by atoms with E-state index in [1.165, 1.54) is 0 Å². The molecule has 2 aliphatic heterocycles. The molecule has 2 aliphatic rings. The van der Waals surface area contributed by atoms with Crippen LogP contribution in [0.15, 0.2) is 24.3 Å². The quantitative estimate of drug-likeness (QED) is 0.835. The van der Waals surface area contributed by atoms with Gasteiger partial charge in [0.15, 0.2) is 0 Å². The molecule has 3 rings (SSSR count). The highest BCUT2D eigenvalue weighted by molar-refractivity contribution is 5.78. The van der Waals surface area contributed by atoms with Crippen LogP contribution in [0.1, 0.15) is 30.9 Å². The number of carbonyl (C=O) groups is 2. The lowest BCUT2D eigenvalue weighted by Crippen LogP contribution is -2.34. The van der Waals surface area contributed by atoms with Gasteiger partial charge in [0, 0.05) is 19.5 Å². The molecule has 0 aliphatic carbocycles. The van der Waals surface area contributed by atoms with Crippen molar-refractivity contribution in [3.63, 3.8) is 0 Å². The smallest absolute Gasteiger partial charge is 0.409 e. The predicted molar refractivity (Wildman–Crippen MR) is 84.2 cm³/mol. The van der Waals surface area contributed by atoms with Crippen LogP contribution < -0.4 is 4.74 Å². The van der Waals surface area contributed by atoms with Gasteiger partial charge in [0.25, 0.3) is 0 Å². The number of hydrogen-bond acceptors (Lipinski definition) is 4. The maximum absolute atomic E-state index is 12.5. The van der Waals surface area contributed by atoms with Gasteiger partial charge < -0.3 is 19.3 Å². The molecule has 0 unspecified atom stereocenters. The summed E-state index contributed by atoms with van der Waals surface area (Å²) in [5.41, 5.74) is 1.14. The molecule has 0 radical (unpaired) electrons. The van der Waals surface area contributed by atoms with E-state index in [4.69, 9.17) is 9.47 Å². The Hall–Kier alpha value is -2.24. The Morgan fingerprint density at radius 1 is 1.30 bits per heavy atom. The standard InChI is InChI=1S/C17H22N2O4/c1-22-14-6-4-13(5-7-14)15-3-2-9-19(15)16(20)8-10-18-11-12-23-17(18)21/h4-7,15H,2-3,8-12H2,1H3/t15-/m0/s1. The van der Waals surface area contributed by atoms with Gasteiger partial charge in [-0.05, 0) is 30.5 Å². The third-order valence-corrected chi connectivity index (χ3v) is 4.51. The summed E-state index contributed by atoms with van der Waals surface area (Å²) in [6.45, 7) is 2.21. The summed E-state index contributed by atoms with van der Waals surface area (Å²) in [6.07, 6.45) is 2.02. The molecule has 1 aromatic rings. The summed E-state index contributed by atoms with van der Waals surface area (Å²) in [4.78, 5) is 27.5. The molecule has 124 valence electrons. The first-order valence-electron chi connectivity index (χ1n) is 8.04. The molecule has 1 aromatic carbocycles. The monoisotopic (exact) mass is 318 g/mol. The fourth-order valence-electron chi connectivity index (χ4n) is 3.24. The van der Waals surface area contributed by atoms with Crippen LogP contribution in [-0.2, 0) is 9.53 Å². The van der Waals surface area contributed by atoms with E-state index < -0.39 is 0 Å². The maximum Gasteiger partial charge on any atom is 0.409 e. The molecule has 1 atom stereocenters. The van der Waals surface area contributed by atoms with E-state index in [1.54, 1.807) is 12.0 Å². The fraction of sp³-hybridized carbons (Fsp3) is 0.529. The van der Waals surface area contributed by atoms with Crippen LogP contribution in [0.4, 0.5) is 4.79 Å². The average Bonchev–Trinajstić information content (AvgIpc) is 3.22. The third kappa shape index (κ3) is 3.41. The number of carbonyl (C=O) groups excluding carboxylic acids is 2. The van der Waals surface area contributed by atoms with Crippen molar-refractivity contribution >= 4 is 12.0 Å². The summed E-state index contributed by atoms with van der Waals surface area (Å²) < 4.78 is 10.1. The SMILES string of the molecule is COc1ccc([C@@H]2CCCN2C(=O)CCN2CCOC2=O)cc1. The summed E-state index contributed by atoms with van der Waals surface area (Å²) in [5.74, 6) is 0.917. The van der Waals surface area contributed by atoms with Crippen LogP contribution in [0.3, 0.4) is 0 Å². The van der Waals surface area contributed by atoms with Crippen LogP contribution in [0.5, 0.6) is 5.75 Å². The van der Waals surface area contributed by atoms with E-state index in [-0.39, 0.29) is 18.0 Å². The van der Waals surface area contributed by atoms with Crippen LogP contribution in [0, 0.1) is 0 Å². The molecule has 0 N–H and O–H groups in total. The molecule has 2 saturated heterocycles. The number of cyclic esters (lactones) is 1. The number of likely N-dealkylation sites (tertiary alicyclic amines) is 1. The largest absolute Gasteiger partial charge is 0.497 e. The number of amides is 2. The number of methoxy groups -OCH3 is 1.